The van der Waals surface area contributed by atoms with Crippen LogP contribution in [0.5, 0.6) is 11.5 Å². The topological polar surface area (TPSA) is 59.9 Å². The Bertz CT molecular complexity index is 754. The quantitative estimate of drug-likeness (QED) is 0.370. The summed E-state index contributed by atoms with van der Waals surface area (Å²) in [4.78, 5) is 11.9. The zero-order valence-electron chi connectivity index (χ0n) is 15.7. The van der Waals surface area contributed by atoms with Crippen LogP contribution in [0.2, 0.25) is 0 Å². The highest BCUT2D eigenvalue weighted by molar-refractivity contribution is 5.85. The SMILES string of the molecule is C=CCOc1ccccc1/C=N/NC(=O)COc1ccc(CCCC)cc1. The zero-order chi connectivity index (χ0) is 19.3. The maximum Gasteiger partial charge on any atom is 0.277 e. The standard InChI is InChI=1S/C22H26N2O3/c1-3-5-8-18-11-13-20(14-12-18)27-17-22(25)24-23-16-19-9-6-7-10-21(19)26-15-4-2/h4,6-7,9-14,16H,2-3,5,8,15,17H2,1H3,(H,24,25)/b23-16+. The van der Waals surface area contributed by atoms with Crippen LogP contribution in [0.25, 0.3) is 0 Å². The lowest BCUT2D eigenvalue weighted by Gasteiger charge is -2.07. The fraction of sp³-hybridized carbons (Fsp3) is 0.273. The summed E-state index contributed by atoms with van der Waals surface area (Å²) >= 11 is 0. The van der Waals surface area contributed by atoms with E-state index in [0.717, 1.165) is 12.0 Å². The number of ether oxygens (including phenoxy) is 2. The van der Waals surface area contributed by atoms with Crippen LogP contribution in [0.3, 0.4) is 0 Å². The molecule has 1 N–H and O–H groups in total. The van der Waals surface area contributed by atoms with Gasteiger partial charge in [0, 0.05) is 5.56 Å². The van der Waals surface area contributed by atoms with Crippen molar-refractivity contribution in [3.63, 3.8) is 0 Å². The Morgan fingerprint density at radius 3 is 2.67 bits per heavy atom. The molecule has 0 fully saturated rings. The number of carbonyl (C=O) groups excluding carboxylic acids is 1. The minimum atomic E-state index is -0.328. The number of hydrogen-bond donors (Lipinski definition) is 1. The van der Waals surface area contributed by atoms with Crippen molar-refractivity contribution in [3.8, 4) is 11.5 Å². The van der Waals surface area contributed by atoms with Gasteiger partial charge in [-0.15, -0.1) is 0 Å². The highest BCUT2D eigenvalue weighted by Crippen LogP contribution is 2.16. The summed E-state index contributed by atoms with van der Waals surface area (Å²) in [7, 11) is 0. The lowest BCUT2D eigenvalue weighted by molar-refractivity contribution is -0.123. The molecule has 0 aliphatic heterocycles. The van der Waals surface area contributed by atoms with Crippen molar-refractivity contribution >= 4 is 12.1 Å². The van der Waals surface area contributed by atoms with Gasteiger partial charge in [0.15, 0.2) is 6.61 Å². The summed E-state index contributed by atoms with van der Waals surface area (Å²) in [6.45, 7) is 6.10. The van der Waals surface area contributed by atoms with Crippen molar-refractivity contribution in [2.24, 2.45) is 5.10 Å². The van der Waals surface area contributed by atoms with Gasteiger partial charge in [-0.25, -0.2) is 5.43 Å². The Hall–Kier alpha value is -3.08. The predicted molar refractivity (Wildman–Crippen MR) is 108 cm³/mol. The summed E-state index contributed by atoms with van der Waals surface area (Å²) in [5.74, 6) is 1.01. The number of nitrogens with one attached hydrogen (secondary N) is 1. The fourth-order valence-corrected chi connectivity index (χ4v) is 2.36. The van der Waals surface area contributed by atoms with E-state index >= 15 is 0 Å². The van der Waals surface area contributed by atoms with Gasteiger partial charge in [-0.1, -0.05) is 50.3 Å². The lowest BCUT2D eigenvalue weighted by atomic mass is 10.1. The molecule has 0 saturated heterocycles. The molecule has 0 spiro atoms. The summed E-state index contributed by atoms with van der Waals surface area (Å²) in [5.41, 5.74) is 4.49. The molecule has 0 aliphatic carbocycles. The number of unbranched alkanes of at least 4 members (excludes halogenated alkanes) is 1. The highest BCUT2D eigenvalue weighted by atomic mass is 16.5. The van der Waals surface area contributed by atoms with Crippen LogP contribution < -0.4 is 14.9 Å². The monoisotopic (exact) mass is 366 g/mol. The molecule has 0 heterocycles. The Balaban J connectivity index is 1.79. The number of nitrogens with zero attached hydrogens (tertiary/aromatic N) is 1. The highest BCUT2D eigenvalue weighted by Gasteiger charge is 2.03. The largest absolute Gasteiger partial charge is 0.489 e. The van der Waals surface area contributed by atoms with E-state index in [4.69, 9.17) is 9.47 Å². The number of rotatable bonds is 11. The number of para-hydroxylation sites is 1. The molecule has 2 rings (SSSR count). The van der Waals surface area contributed by atoms with Crippen LogP contribution in [0, 0.1) is 0 Å². The number of hydrazone groups is 1. The molecular weight excluding hydrogens is 340 g/mol. The van der Waals surface area contributed by atoms with Gasteiger partial charge in [-0.05, 0) is 42.7 Å². The van der Waals surface area contributed by atoms with E-state index in [1.54, 1.807) is 12.3 Å². The summed E-state index contributed by atoms with van der Waals surface area (Å²) in [6, 6.07) is 15.3. The normalized spacial score (nSPS) is 10.6. The van der Waals surface area contributed by atoms with Crippen LogP contribution in [0.4, 0.5) is 0 Å². The third kappa shape index (κ3) is 7.36. The number of hydrogen-bond acceptors (Lipinski definition) is 4. The summed E-state index contributed by atoms with van der Waals surface area (Å²) in [5, 5.41) is 3.96. The fourth-order valence-electron chi connectivity index (χ4n) is 2.36. The molecule has 0 radical (unpaired) electrons. The number of carbonyl (C=O) groups is 1. The molecule has 2 aromatic rings. The van der Waals surface area contributed by atoms with Gasteiger partial charge in [0.2, 0.25) is 0 Å². The van der Waals surface area contributed by atoms with Crippen molar-refractivity contribution in [3.05, 3.63) is 72.3 Å². The van der Waals surface area contributed by atoms with Crippen LogP contribution in [-0.2, 0) is 11.2 Å². The van der Waals surface area contributed by atoms with E-state index in [-0.39, 0.29) is 12.5 Å². The molecule has 5 heteroatoms. The molecule has 0 atom stereocenters. The Labute approximate surface area is 160 Å². The molecule has 0 bridgehead atoms. The van der Waals surface area contributed by atoms with E-state index in [0.29, 0.717) is 18.1 Å². The molecule has 1 amide bonds. The first-order valence-electron chi connectivity index (χ1n) is 9.09. The Kier molecular flexibility index (Phi) is 8.63. The van der Waals surface area contributed by atoms with E-state index in [9.17, 15) is 4.79 Å². The van der Waals surface area contributed by atoms with E-state index < -0.39 is 0 Å². The Morgan fingerprint density at radius 1 is 1.15 bits per heavy atom. The van der Waals surface area contributed by atoms with E-state index in [1.807, 2.05) is 48.5 Å². The first-order valence-corrected chi connectivity index (χ1v) is 9.09. The minimum absolute atomic E-state index is 0.0970. The van der Waals surface area contributed by atoms with Crippen molar-refractivity contribution in [2.75, 3.05) is 13.2 Å². The average molecular weight is 366 g/mol. The maximum absolute atomic E-state index is 11.9. The van der Waals surface area contributed by atoms with E-state index in [1.165, 1.54) is 18.4 Å². The smallest absolute Gasteiger partial charge is 0.277 e. The van der Waals surface area contributed by atoms with Crippen LogP contribution in [-0.4, -0.2) is 25.3 Å². The number of aryl methyl sites for hydroxylation is 1. The van der Waals surface area contributed by atoms with Gasteiger partial charge in [-0.2, -0.15) is 5.10 Å². The van der Waals surface area contributed by atoms with Gasteiger partial charge >= 0.3 is 0 Å². The molecule has 0 saturated carbocycles. The van der Waals surface area contributed by atoms with Gasteiger partial charge in [0.25, 0.3) is 5.91 Å². The van der Waals surface area contributed by atoms with Crippen molar-refractivity contribution in [2.45, 2.75) is 26.2 Å². The van der Waals surface area contributed by atoms with Gasteiger partial charge in [0.1, 0.15) is 18.1 Å². The third-order valence-electron chi connectivity index (χ3n) is 3.78. The first-order chi connectivity index (χ1) is 13.2. The first kappa shape index (κ1) is 20.2. The van der Waals surface area contributed by atoms with Crippen molar-refractivity contribution in [1.29, 1.82) is 0 Å². The molecule has 27 heavy (non-hydrogen) atoms. The second-order valence-electron chi connectivity index (χ2n) is 5.97. The van der Waals surface area contributed by atoms with Crippen molar-refractivity contribution < 1.29 is 14.3 Å². The van der Waals surface area contributed by atoms with Gasteiger partial charge in [-0.3, -0.25) is 4.79 Å². The van der Waals surface area contributed by atoms with Gasteiger partial charge in [0.05, 0.1) is 6.21 Å². The molecular formula is C22H26N2O3. The molecule has 0 unspecified atom stereocenters. The molecule has 0 aliphatic rings. The predicted octanol–water partition coefficient (Wildman–Crippen LogP) is 4.12. The zero-order valence-corrected chi connectivity index (χ0v) is 15.7. The minimum Gasteiger partial charge on any atom is -0.489 e. The van der Waals surface area contributed by atoms with Crippen molar-refractivity contribution in [1.82, 2.24) is 5.43 Å². The molecule has 5 nitrogen and oxygen atoms in total. The maximum atomic E-state index is 11.9. The Morgan fingerprint density at radius 2 is 1.93 bits per heavy atom. The number of benzene rings is 2. The van der Waals surface area contributed by atoms with Crippen LogP contribution >= 0.6 is 0 Å². The summed E-state index contributed by atoms with van der Waals surface area (Å²) in [6.07, 6.45) is 6.61. The second kappa shape index (κ2) is 11.5. The second-order valence-corrected chi connectivity index (χ2v) is 5.97. The lowest BCUT2D eigenvalue weighted by Crippen LogP contribution is -2.24. The van der Waals surface area contributed by atoms with Gasteiger partial charge < -0.3 is 9.47 Å². The van der Waals surface area contributed by atoms with Crippen LogP contribution in [0.15, 0.2) is 66.3 Å². The third-order valence-corrected chi connectivity index (χ3v) is 3.78. The van der Waals surface area contributed by atoms with Crippen LogP contribution in [0.1, 0.15) is 30.9 Å². The molecule has 0 aromatic heterocycles. The van der Waals surface area contributed by atoms with E-state index in [2.05, 4.69) is 24.0 Å². The average Bonchev–Trinajstić information content (AvgIpc) is 2.70. The molecule has 2 aromatic carbocycles. The molecule has 142 valence electrons. The summed E-state index contributed by atoms with van der Waals surface area (Å²) < 4.78 is 11.0. The number of amides is 1.